The van der Waals surface area contributed by atoms with Crippen molar-refractivity contribution in [2.24, 2.45) is 10.9 Å². The molecule has 1 unspecified atom stereocenters. The number of methoxy groups -OCH3 is 1. The summed E-state index contributed by atoms with van der Waals surface area (Å²) >= 11 is 0. The predicted molar refractivity (Wildman–Crippen MR) is 110 cm³/mol. The van der Waals surface area contributed by atoms with Gasteiger partial charge in [-0.1, -0.05) is 12.8 Å². The third kappa shape index (κ3) is 5.73. The first-order chi connectivity index (χ1) is 14.5. The van der Waals surface area contributed by atoms with E-state index < -0.39 is 6.61 Å². The van der Waals surface area contributed by atoms with Gasteiger partial charge in [0, 0.05) is 50.3 Å². The monoisotopic (exact) mass is 424 g/mol. The average molecular weight is 424 g/mol. The first-order valence-electron chi connectivity index (χ1n) is 10.4. The minimum Gasteiger partial charge on any atom is -0.497 e. The van der Waals surface area contributed by atoms with Gasteiger partial charge in [0.2, 0.25) is 5.91 Å². The van der Waals surface area contributed by atoms with Crippen LogP contribution in [0.3, 0.4) is 0 Å². The lowest BCUT2D eigenvalue weighted by Crippen LogP contribution is -2.45. The summed E-state index contributed by atoms with van der Waals surface area (Å²) in [6, 6.07) is 4.90. The minimum atomic E-state index is -2.92. The fraction of sp³-hybridized carbons (Fsp3) is 0.619. The molecule has 0 radical (unpaired) electrons. The van der Waals surface area contributed by atoms with E-state index >= 15 is 0 Å². The van der Waals surface area contributed by atoms with E-state index in [4.69, 9.17) is 4.74 Å². The maximum absolute atomic E-state index is 12.7. The lowest BCUT2D eigenvalue weighted by Gasteiger charge is -2.21. The molecule has 2 aliphatic rings. The quantitative estimate of drug-likeness (QED) is 0.520. The van der Waals surface area contributed by atoms with Crippen LogP contribution in [0, 0.1) is 5.92 Å². The molecule has 1 saturated heterocycles. The molecule has 2 fully saturated rings. The molecule has 1 heterocycles. The van der Waals surface area contributed by atoms with Crippen molar-refractivity contribution in [3.05, 3.63) is 23.8 Å². The van der Waals surface area contributed by atoms with Crippen LogP contribution < -0.4 is 20.1 Å². The van der Waals surface area contributed by atoms with Crippen molar-refractivity contribution in [2.75, 3.05) is 27.2 Å². The van der Waals surface area contributed by atoms with Gasteiger partial charge in [0.15, 0.2) is 5.96 Å². The van der Waals surface area contributed by atoms with Crippen LogP contribution in [0.1, 0.15) is 37.7 Å². The number of rotatable bonds is 7. The van der Waals surface area contributed by atoms with Crippen molar-refractivity contribution in [1.29, 1.82) is 0 Å². The Labute approximate surface area is 175 Å². The zero-order chi connectivity index (χ0) is 21.5. The van der Waals surface area contributed by atoms with E-state index in [1.165, 1.54) is 13.2 Å². The first kappa shape index (κ1) is 22.1. The molecule has 0 bridgehead atoms. The van der Waals surface area contributed by atoms with Crippen molar-refractivity contribution in [1.82, 2.24) is 15.5 Å². The number of likely N-dealkylation sites (tertiary alicyclic amines) is 1. The summed E-state index contributed by atoms with van der Waals surface area (Å²) in [6.07, 6.45) is 5.14. The van der Waals surface area contributed by atoms with Crippen molar-refractivity contribution in [3.8, 4) is 11.5 Å². The van der Waals surface area contributed by atoms with Crippen molar-refractivity contribution < 1.29 is 23.0 Å². The van der Waals surface area contributed by atoms with Crippen LogP contribution in [-0.4, -0.2) is 56.7 Å². The van der Waals surface area contributed by atoms with E-state index in [1.54, 1.807) is 19.2 Å². The lowest BCUT2D eigenvalue weighted by atomic mass is 10.1. The Balaban J connectivity index is 1.53. The van der Waals surface area contributed by atoms with Crippen LogP contribution in [-0.2, 0) is 11.3 Å². The molecule has 9 heteroatoms. The number of halogens is 2. The highest BCUT2D eigenvalue weighted by Crippen LogP contribution is 2.28. The summed E-state index contributed by atoms with van der Waals surface area (Å²) in [5.41, 5.74) is 0.559. The molecule has 1 aromatic carbocycles. The molecule has 0 spiro atoms. The number of hydrogen-bond donors (Lipinski definition) is 2. The second-order valence-electron chi connectivity index (χ2n) is 7.67. The zero-order valence-electron chi connectivity index (χ0n) is 17.5. The molecule has 1 amide bonds. The normalized spacial score (nSPS) is 20.0. The van der Waals surface area contributed by atoms with Crippen LogP contribution in [0.4, 0.5) is 8.78 Å². The molecule has 1 aliphatic heterocycles. The van der Waals surface area contributed by atoms with Gasteiger partial charge in [-0.05, 0) is 31.4 Å². The van der Waals surface area contributed by atoms with Gasteiger partial charge in [-0.3, -0.25) is 9.79 Å². The van der Waals surface area contributed by atoms with E-state index in [1.807, 2.05) is 4.90 Å². The van der Waals surface area contributed by atoms with Crippen LogP contribution in [0.25, 0.3) is 0 Å². The van der Waals surface area contributed by atoms with Gasteiger partial charge in [-0.25, -0.2) is 0 Å². The van der Waals surface area contributed by atoms with Crippen LogP contribution in [0.15, 0.2) is 23.2 Å². The van der Waals surface area contributed by atoms with E-state index in [2.05, 4.69) is 20.4 Å². The largest absolute Gasteiger partial charge is 0.497 e. The van der Waals surface area contributed by atoms with Crippen LogP contribution in [0.2, 0.25) is 0 Å². The lowest BCUT2D eigenvalue weighted by molar-refractivity contribution is -0.134. The fourth-order valence-corrected chi connectivity index (χ4v) is 4.09. The number of guanidine groups is 1. The summed E-state index contributed by atoms with van der Waals surface area (Å²) in [7, 11) is 3.11. The Morgan fingerprint density at radius 1 is 1.30 bits per heavy atom. The predicted octanol–water partition coefficient (Wildman–Crippen LogP) is 2.75. The van der Waals surface area contributed by atoms with E-state index in [-0.39, 0.29) is 30.2 Å². The average Bonchev–Trinajstić information content (AvgIpc) is 3.43. The summed E-state index contributed by atoms with van der Waals surface area (Å²) < 4.78 is 35.2. The first-order valence-corrected chi connectivity index (χ1v) is 10.4. The third-order valence-electron chi connectivity index (χ3n) is 5.71. The molecule has 1 aliphatic carbocycles. The maximum atomic E-state index is 12.7. The second kappa shape index (κ2) is 10.4. The topological polar surface area (TPSA) is 75.2 Å². The van der Waals surface area contributed by atoms with Gasteiger partial charge in [-0.2, -0.15) is 8.78 Å². The number of amides is 1. The smallest absolute Gasteiger partial charge is 0.387 e. The van der Waals surface area contributed by atoms with E-state index in [9.17, 15) is 13.6 Å². The van der Waals surface area contributed by atoms with Crippen LogP contribution >= 0.6 is 0 Å². The molecule has 1 saturated carbocycles. The van der Waals surface area contributed by atoms with Gasteiger partial charge < -0.3 is 25.0 Å². The fourth-order valence-electron chi connectivity index (χ4n) is 4.09. The minimum absolute atomic E-state index is 0.0569. The zero-order valence-corrected chi connectivity index (χ0v) is 17.5. The highest BCUT2D eigenvalue weighted by molar-refractivity contribution is 5.81. The van der Waals surface area contributed by atoms with Gasteiger partial charge in [0.05, 0.1) is 7.11 Å². The molecule has 166 valence electrons. The number of nitrogens with zero attached hydrogens (tertiary/aromatic N) is 2. The molecule has 1 atom stereocenters. The molecular formula is C21H30F2N4O3. The van der Waals surface area contributed by atoms with Gasteiger partial charge in [0.25, 0.3) is 0 Å². The Hall–Kier alpha value is -2.58. The van der Waals surface area contributed by atoms with Crippen LogP contribution in [0.5, 0.6) is 11.5 Å². The molecule has 30 heavy (non-hydrogen) atoms. The van der Waals surface area contributed by atoms with Crippen molar-refractivity contribution >= 4 is 11.9 Å². The number of carbonyl (C=O) groups is 1. The molecule has 7 nitrogen and oxygen atoms in total. The summed E-state index contributed by atoms with van der Waals surface area (Å²) in [4.78, 5) is 18.8. The number of benzene rings is 1. The number of nitrogens with one attached hydrogen (secondary N) is 2. The molecule has 2 N–H and O–H groups in total. The maximum Gasteiger partial charge on any atom is 0.387 e. The highest BCUT2D eigenvalue weighted by Gasteiger charge is 2.32. The van der Waals surface area contributed by atoms with Crippen molar-refractivity contribution in [2.45, 2.75) is 51.3 Å². The number of aliphatic imine (C=N–C) groups is 1. The van der Waals surface area contributed by atoms with Gasteiger partial charge in [0.1, 0.15) is 11.5 Å². The number of alkyl halides is 2. The Morgan fingerprint density at radius 3 is 2.73 bits per heavy atom. The molecule has 3 rings (SSSR count). The number of ether oxygens (including phenoxy) is 2. The van der Waals surface area contributed by atoms with Crippen molar-refractivity contribution in [3.63, 3.8) is 0 Å². The highest BCUT2D eigenvalue weighted by atomic mass is 19.3. The van der Waals surface area contributed by atoms with Gasteiger partial charge in [-0.15, -0.1) is 0 Å². The summed E-state index contributed by atoms with van der Waals surface area (Å²) in [5.74, 6) is 1.50. The summed E-state index contributed by atoms with van der Waals surface area (Å²) in [6.45, 7) is -1.27. The Morgan fingerprint density at radius 2 is 2.07 bits per heavy atom. The summed E-state index contributed by atoms with van der Waals surface area (Å²) in [5, 5.41) is 6.46. The number of hydrogen-bond acceptors (Lipinski definition) is 4. The SMILES string of the molecule is CN=C(NCc1ccc(OC)cc1OC(F)F)NC1CCN(C(=O)C2CCCC2)C1. The standard InChI is InChI=1S/C21H30F2N4O3/c1-24-21(25-12-15-7-8-17(29-2)11-18(15)30-20(22)23)26-16-9-10-27(13-16)19(28)14-5-3-4-6-14/h7-8,11,14,16,20H,3-6,9-10,12-13H2,1-2H3,(H2,24,25,26). The Bertz CT molecular complexity index is 754. The van der Waals surface area contributed by atoms with Gasteiger partial charge >= 0.3 is 6.61 Å². The third-order valence-corrected chi connectivity index (χ3v) is 5.71. The Kier molecular flexibility index (Phi) is 7.70. The van der Waals surface area contributed by atoms with E-state index in [0.717, 1.165) is 38.6 Å². The van der Waals surface area contributed by atoms with E-state index in [0.29, 0.717) is 23.8 Å². The molecule has 0 aromatic heterocycles. The molecular weight excluding hydrogens is 394 g/mol. The second-order valence-corrected chi connectivity index (χ2v) is 7.67. The number of carbonyl (C=O) groups excluding carboxylic acids is 1. The molecule has 1 aromatic rings.